The molecule has 2 aliphatic heterocycles. The number of ether oxygens (including phenoxy) is 3. The maximum absolute atomic E-state index is 13.7. The number of esters is 1. The summed E-state index contributed by atoms with van der Waals surface area (Å²) in [5, 5.41) is 5.56. The van der Waals surface area contributed by atoms with Crippen LogP contribution in [0.1, 0.15) is 36.2 Å². The van der Waals surface area contributed by atoms with Crippen LogP contribution in [0.25, 0.3) is 5.70 Å². The lowest BCUT2D eigenvalue weighted by Gasteiger charge is -2.37. The molecular weight excluding hydrogens is 552 g/mol. The van der Waals surface area contributed by atoms with Crippen molar-refractivity contribution < 1.29 is 23.8 Å². The number of rotatable bonds is 11. The average Bonchev–Trinajstić information content (AvgIpc) is 3.42. The first-order chi connectivity index (χ1) is 20.5. The number of benzene rings is 2. The predicted octanol–water partition coefficient (Wildman–Crippen LogP) is 5.12. The van der Waals surface area contributed by atoms with Crippen molar-refractivity contribution in [2.45, 2.75) is 25.8 Å². The van der Waals surface area contributed by atoms with Crippen molar-refractivity contribution in [3.05, 3.63) is 106 Å². The summed E-state index contributed by atoms with van der Waals surface area (Å²) in [5.74, 6) is 0.517. The Morgan fingerprint density at radius 2 is 1.83 bits per heavy atom. The van der Waals surface area contributed by atoms with Crippen molar-refractivity contribution in [2.24, 2.45) is 4.99 Å². The van der Waals surface area contributed by atoms with E-state index in [0.29, 0.717) is 52.2 Å². The quantitative estimate of drug-likeness (QED) is 0.310. The molecule has 1 aromatic heterocycles. The van der Waals surface area contributed by atoms with Gasteiger partial charge in [-0.05, 0) is 36.6 Å². The Bertz CT molecular complexity index is 1540. The van der Waals surface area contributed by atoms with Gasteiger partial charge in [0, 0.05) is 47.7 Å². The summed E-state index contributed by atoms with van der Waals surface area (Å²) in [6, 6.07) is 20.1. The fourth-order valence-corrected chi connectivity index (χ4v) is 5.85. The monoisotopic (exact) mass is 584 g/mol. The van der Waals surface area contributed by atoms with Crippen molar-refractivity contribution in [1.82, 2.24) is 15.2 Å². The molecule has 1 atom stereocenters. The molecule has 42 heavy (non-hydrogen) atoms. The lowest BCUT2D eigenvalue weighted by Crippen LogP contribution is -2.38. The number of aromatic nitrogens is 1. The third-order valence-electron chi connectivity index (χ3n) is 6.86. The van der Waals surface area contributed by atoms with Crippen LogP contribution in [0.2, 0.25) is 0 Å². The predicted molar refractivity (Wildman–Crippen MR) is 163 cm³/mol. The Labute approximate surface area is 249 Å². The van der Waals surface area contributed by atoms with Gasteiger partial charge in [0.25, 0.3) is 0 Å². The van der Waals surface area contributed by atoms with E-state index in [1.807, 2.05) is 71.0 Å². The lowest BCUT2D eigenvalue weighted by atomic mass is 9.90. The second-order valence-electron chi connectivity index (χ2n) is 9.45. The number of fused-ring (bicyclic) bond motifs is 1. The fourth-order valence-electron chi connectivity index (χ4n) is 4.93. The van der Waals surface area contributed by atoms with E-state index in [1.165, 1.54) is 11.8 Å². The molecule has 1 unspecified atom stereocenters. The molecule has 3 heterocycles. The number of pyridine rings is 1. The summed E-state index contributed by atoms with van der Waals surface area (Å²) in [4.78, 5) is 38.1. The molecule has 10 heteroatoms. The highest BCUT2D eigenvalue weighted by atomic mass is 32.2. The minimum atomic E-state index is -0.671. The summed E-state index contributed by atoms with van der Waals surface area (Å²) in [7, 11) is 3.16. The molecule has 0 radical (unpaired) electrons. The van der Waals surface area contributed by atoms with E-state index in [2.05, 4.69) is 10.3 Å². The highest BCUT2D eigenvalue weighted by Gasteiger charge is 2.43. The van der Waals surface area contributed by atoms with Gasteiger partial charge in [0.15, 0.2) is 5.17 Å². The van der Waals surface area contributed by atoms with Crippen molar-refractivity contribution in [1.29, 1.82) is 0 Å². The Balaban J connectivity index is 1.53. The Hall–Kier alpha value is -4.57. The molecule has 1 N–H and O–H groups in total. The molecule has 0 bridgehead atoms. The van der Waals surface area contributed by atoms with E-state index in [1.54, 1.807) is 33.4 Å². The smallest absolute Gasteiger partial charge is 0.338 e. The number of hydrogen-bond acceptors (Lipinski definition) is 9. The van der Waals surface area contributed by atoms with Gasteiger partial charge in [-0.3, -0.25) is 9.78 Å². The van der Waals surface area contributed by atoms with Gasteiger partial charge in [-0.25, -0.2) is 9.79 Å². The van der Waals surface area contributed by atoms with E-state index < -0.39 is 12.0 Å². The van der Waals surface area contributed by atoms with E-state index in [4.69, 9.17) is 19.2 Å². The number of aliphatic imine (C=N–C) groups is 1. The second-order valence-corrected chi connectivity index (χ2v) is 10.3. The van der Waals surface area contributed by atoms with Gasteiger partial charge >= 0.3 is 5.97 Å². The first-order valence-corrected chi connectivity index (χ1v) is 14.5. The molecule has 0 saturated carbocycles. The maximum atomic E-state index is 13.7. The van der Waals surface area contributed by atoms with Gasteiger partial charge < -0.3 is 24.4 Å². The topological polar surface area (TPSA) is 102 Å². The van der Waals surface area contributed by atoms with E-state index in [9.17, 15) is 9.59 Å². The number of amidine groups is 1. The third kappa shape index (κ3) is 6.18. The van der Waals surface area contributed by atoms with Gasteiger partial charge in [-0.2, -0.15) is 0 Å². The summed E-state index contributed by atoms with van der Waals surface area (Å²) in [6.07, 6.45) is 2.46. The van der Waals surface area contributed by atoms with Crippen LogP contribution in [-0.4, -0.2) is 54.3 Å². The highest BCUT2D eigenvalue weighted by molar-refractivity contribution is 8.16. The zero-order chi connectivity index (χ0) is 29.5. The Morgan fingerprint density at radius 3 is 2.55 bits per heavy atom. The number of methoxy groups -OCH3 is 2. The van der Waals surface area contributed by atoms with Crippen molar-refractivity contribution in [3.63, 3.8) is 0 Å². The van der Waals surface area contributed by atoms with E-state index in [0.717, 1.165) is 11.3 Å². The second kappa shape index (κ2) is 13.4. The molecule has 216 valence electrons. The largest absolute Gasteiger partial charge is 0.497 e. The maximum Gasteiger partial charge on any atom is 0.338 e. The number of nitrogens with zero attached hydrogens (tertiary/aromatic N) is 3. The lowest BCUT2D eigenvalue weighted by molar-refractivity contribution is -0.139. The van der Waals surface area contributed by atoms with Crippen LogP contribution < -0.4 is 14.8 Å². The molecular formula is C32H32N4O5S. The first-order valence-electron chi connectivity index (χ1n) is 13.6. The Kier molecular flexibility index (Phi) is 9.23. The van der Waals surface area contributed by atoms with Crippen LogP contribution in [-0.2, 0) is 20.7 Å². The van der Waals surface area contributed by atoms with Gasteiger partial charge in [0.1, 0.15) is 11.5 Å². The molecule has 0 spiro atoms. The molecule has 1 amide bonds. The molecule has 0 fully saturated rings. The normalized spacial score (nSPS) is 15.9. The number of amides is 1. The van der Waals surface area contributed by atoms with Crippen molar-refractivity contribution >= 4 is 34.5 Å². The van der Waals surface area contributed by atoms with Crippen molar-refractivity contribution in [3.8, 4) is 11.5 Å². The van der Waals surface area contributed by atoms with Crippen LogP contribution in [0.15, 0.2) is 94.6 Å². The summed E-state index contributed by atoms with van der Waals surface area (Å²) < 4.78 is 16.8. The van der Waals surface area contributed by atoms with Crippen LogP contribution >= 0.6 is 11.8 Å². The minimum Gasteiger partial charge on any atom is -0.497 e. The third-order valence-corrected chi connectivity index (χ3v) is 7.75. The zero-order valence-electron chi connectivity index (χ0n) is 23.7. The number of carbonyl (C=O) groups is 2. The summed E-state index contributed by atoms with van der Waals surface area (Å²) >= 11 is 1.41. The van der Waals surface area contributed by atoms with Gasteiger partial charge in [0.2, 0.25) is 5.91 Å². The van der Waals surface area contributed by atoms with E-state index in [-0.39, 0.29) is 18.9 Å². The standard InChI is InChI=1S/C32H32N4O5S/c1-4-41-31(38)28-29(21-10-6-5-7-11-21)35-32-36(30(28)25-14-13-24(39-2)19-26(25)40-3)23(20-42-32)18-27(37)34-17-15-22-12-8-9-16-33-22/h5-14,16,19-20,30H,4,15,17-18H2,1-3H3,(H,34,37). The van der Waals surface area contributed by atoms with Crippen molar-refractivity contribution in [2.75, 3.05) is 27.4 Å². The molecule has 3 aromatic rings. The first kappa shape index (κ1) is 28.9. The van der Waals surface area contributed by atoms with Gasteiger partial charge in [0.05, 0.1) is 44.6 Å². The SMILES string of the molecule is CCOC(=O)C1=C(c2ccccc2)N=C2SC=C(CC(=O)NCCc3ccccn3)N2C1c1ccc(OC)cc1OC. The average molecular weight is 585 g/mol. The Morgan fingerprint density at radius 1 is 1.02 bits per heavy atom. The summed E-state index contributed by atoms with van der Waals surface area (Å²) in [6.45, 7) is 2.43. The number of nitrogens with one attached hydrogen (secondary N) is 1. The highest BCUT2D eigenvalue weighted by Crippen LogP contribution is 2.49. The van der Waals surface area contributed by atoms with E-state index >= 15 is 0 Å². The number of hydrogen-bond donors (Lipinski definition) is 1. The fraction of sp³-hybridized carbons (Fsp3) is 0.250. The van der Waals surface area contributed by atoms with Crippen LogP contribution in [0, 0.1) is 0 Å². The molecule has 9 nitrogen and oxygen atoms in total. The summed E-state index contributed by atoms with van der Waals surface area (Å²) in [5.41, 5.74) is 4.00. The minimum absolute atomic E-state index is 0.0972. The molecule has 2 aromatic carbocycles. The van der Waals surface area contributed by atoms with Gasteiger partial charge in [-0.1, -0.05) is 48.2 Å². The zero-order valence-corrected chi connectivity index (χ0v) is 24.5. The molecule has 2 aliphatic rings. The van der Waals surface area contributed by atoms with Gasteiger partial charge in [-0.15, -0.1) is 0 Å². The van der Waals surface area contributed by atoms with Crippen LogP contribution in [0.4, 0.5) is 0 Å². The molecule has 0 aliphatic carbocycles. The molecule has 5 rings (SSSR count). The van der Waals surface area contributed by atoms with Crippen LogP contribution in [0.3, 0.4) is 0 Å². The van der Waals surface area contributed by atoms with Crippen LogP contribution in [0.5, 0.6) is 11.5 Å². The molecule has 0 saturated heterocycles. The number of thioether (sulfide) groups is 1. The number of carbonyl (C=O) groups excluding carboxylic acids is 2.